The lowest BCUT2D eigenvalue weighted by Crippen LogP contribution is -1.88. The lowest BCUT2D eigenvalue weighted by molar-refractivity contribution is 0.459. The van der Waals surface area contributed by atoms with Crippen molar-refractivity contribution in [3.05, 3.63) is 42.5 Å². The molecule has 1 nitrogen and oxygen atoms in total. The van der Waals surface area contributed by atoms with Crippen LogP contribution < -0.4 is 0 Å². The number of phenols is 1. The molecular formula is C12H8OS2. The van der Waals surface area contributed by atoms with Gasteiger partial charge in [-0.1, -0.05) is 41.7 Å². The van der Waals surface area contributed by atoms with E-state index in [9.17, 15) is 5.11 Å². The fraction of sp³-hybridized carbons (Fsp3) is 0. The molecule has 0 aromatic heterocycles. The number of benzene rings is 2. The van der Waals surface area contributed by atoms with E-state index in [1.54, 1.807) is 29.6 Å². The van der Waals surface area contributed by atoms with Crippen LogP contribution in [0, 0.1) is 0 Å². The molecule has 0 spiro atoms. The Morgan fingerprint density at radius 2 is 1.40 bits per heavy atom. The van der Waals surface area contributed by atoms with Gasteiger partial charge in [-0.15, -0.1) is 0 Å². The van der Waals surface area contributed by atoms with Gasteiger partial charge in [0.25, 0.3) is 0 Å². The molecular weight excluding hydrogens is 224 g/mol. The Balaban J connectivity index is 2.15. The maximum absolute atomic E-state index is 9.75. The molecule has 1 aliphatic rings. The van der Waals surface area contributed by atoms with Crippen LogP contribution in [0.5, 0.6) is 5.75 Å². The van der Waals surface area contributed by atoms with Crippen LogP contribution in [0.1, 0.15) is 0 Å². The Morgan fingerprint density at radius 1 is 0.733 bits per heavy atom. The van der Waals surface area contributed by atoms with Crippen molar-refractivity contribution in [3.8, 4) is 5.75 Å². The fourth-order valence-corrected chi connectivity index (χ4v) is 3.81. The van der Waals surface area contributed by atoms with E-state index in [2.05, 4.69) is 12.1 Å². The summed E-state index contributed by atoms with van der Waals surface area (Å²) in [6, 6.07) is 13.9. The van der Waals surface area contributed by atoms with Gasteiger partial charge in [0.1, 0.15) is 5.75 Å². The van der Waals surface area contributed by atoms with Crippen molar-refractivity contribution >= 4 is 23.5 Å². The summed E-state index contributed by atoms with van der Waals surface area (Å²) in [6.45, 7) is 0. The van der Waals surface area contributed by atoms with Crippen molar-refractivity contribution in [1.29, 1.82) is 0 Å². The molecule has 0 amide bonds. The number of fused-ring (bicyclic) bond motifs is 2. The van der Waals surface area contributed by atoms with Gasteiger partial charge >= 0.3 is 0 Å². The molecule has 0 unspecified atom stereocenters. The molecule has 0 radical (unpaired) electrons. The molecule has 74 valence electrons. The normalized spacial score (nSPS) is 13.1. The highest BCUT2D eigenvalue weighted by molar-refractivity contribution is 8.05. The van der Waals surface area contributed by atoms with Crippen LogP contribution in [-0.2, 0) is 0 Å². The highest BCUT2D eigenvalue weighted by atomic mass is 32.2. The van der Waals surface area contributed by atoms with Gasteiger partial charge in [-0.3, -0.25) is 0 Å². The van der Waals surface area contributed by atoms with Gasteiger partial charge in [0, 0.05) is 14.7 Å². The summed E-state index contributed by atoms with van der Waals surface area (Å²) in [5, 5.41) is 9.75. The van der Waals surface area contributed by atoms with Crippen molar-refractivity contribution in [3.63, 3.8) is 0 Å². The van der Waals surface area contributed by atoms with Gasteiger partial charge in [0.2, 0.25) is 0 Å². The summed E-state index contributed by atoms with van der Waals surface area (Å²) >= 11 is 3.35. The second-order valence-electron chi connectivity index (χ2n) is 3.26. The van der Waals surface area contributed by atoms with E-state index in [1.807, 2.05) is 24.3 Å². The standard InChI is InChI=1S/C12H8OS2/c13-8-4-3-7-11-12(8)15-10-6-2-1-5-9(10)14-11/h1-7,13H. The first kappa shape index (κ1) is 9.19. The van der Waals surface area contributed by atoms with Gasteiger partial charge < -0.3 is 5.11 Å². The maximum Gasteiger partial charge on any atom is 0.130 e. The third-order valence-electron chi connectivity index (χ3n) is 2.24. The van der Waals surface area contributed by atoms with E-state index >= 15 is 0 Å². The topological polar surface area (TPSA) is 20.2 Å². The fourth-order valence-electron chi connectivity index (χ4n) is 1.53. The molecule has 3 heteroatoms. The van der Waals surface area contributed by atoms with Crippen molar-refractivity contribution < 1.29 is 5.11 Å². The van der Waals surface area contributed by atoms with Crippen LogP contribution in [0.3, 0.4) is 0 Å². The summed E-state index contributed by atoms with van der Waals surface area (Å²) < 4.78 is 0. The molecule has 2 aromatic carbocycles. The van der Waals surface area contributed by atoms with E-state index in [1.165, 1.54) is 9.79 Å². The predicted molar refractivity (Wildman–Crippen MR) is 62.8 cm³/mol. The van der Waals surface area contributed by atoms with Crippen LogP contribution in [0.15, 0.2) is 62.0 Å². The van der Waals surface area contributed by atoms with Gasteiger partial charge in [-0.2, -0.15) is 0 Å². The van der Waals surface area contributed by atoms with E-state index in [4.69, 9.17) is 0 Å². The average molecular weight is 232 g/mol. The van der Waals surface area contributed by atoms with E-state index in [-0.39, 0.29) is 0 Å². The highest BCUT2D eigenvalue weighted by Crippen LogP contribution is 2.51. The zero-order valence-corrected chi connectivity index (χ0v) is 9.44. The Morgan fingerprint density at radius 3 is 2.20 bits per heavy atom. The van der Waals surface area contributed by atoms with E-state index < -0.39 is 0 Å². The molecule has 0 aliphatic carbocycles. The quantitative estimate of drug-likeness (QED) is 0.632. The Bertz CT molecular complexity index is 523. The zero-order valence-electron chi connectivity index (χ0n) is 7.81. The molecule has 0 fully saturated rings. The Kier molecular flexibility index (Phi) is 2.15. The molecule has 1 heterocycles. The van der Waals surface area contributed by atoms with Gasteiger partial charge in [-0.25, -0.2) is 0 Å². The van der Waals surface area contributed by atoms with Crippen LogP contribution in [-0.4, -0.2) is 5.11 Å². The molecule has 15 heavy (non-hydrogen) atoms. The molecule has 3 rings (SSSR count). The average Bonchev–Trinajstić information content (AvgIpc) is 2.27. The minimum Gasteiger partial charge on any atom is -0.507 e. The molecule has 2 aromatic rings. The summed E-state index contributed by atoms with van der Waals surface area (Å²) in [7, 11) is 0. The first-order valence-corrected chi connectivity index (χ1v) is 6.24. The highest BCUT2D eigenvalue weighted by Gasteiger charge is 2.18. The molecule has 1 N–H and O–H groups in total. The summed E-state index contributed by atoms with van der Waals surface area (Å²) in [5.41, 5.74) is 0. The number of rotatable bonds is 0. The van der Waals surface area contributed by atoms with Gasteiger partial charge in [-0.05, 0) is 24.3 Å². The molecule has 0 saturated heterocycles. The second-order valence-corrected chi connectivity index (χ2v) is 5.39. The van der Waals surface area contributed by atoms with Gasteiger partial charge in [0.05, 0.1) is 4.90 Å². The van der Waals surface area contributed by atoms with Crippen molar-refractivity contribution in [2.75, 3.05) is 0 Å². The van der Waals surface area contributed by atoms with Crippen LogP contribution >= 0.6 is 23.5 Å². The van der Waals surface area contributed by atoms with E-state index in [0.717, 1.165) is 9.79 Å². The van der Waals surface area contributed by atoms with Crippen LogP contribution in [0.4, 0.5) is 0 Å². The molecule has 1 aliphatic heterocycles. The van der Waals surface area contributed by atoms with Crippen molar-refractivity contribution in [2.24, 2.45) is 0 Å². The number of hydrogen-bond donors (Lipinski definition) is 1. The van der Waals surface area contributed by atoms with Crippen molar-refractivity contribution in [2.45, 2.75) is 19.6 Å². The third-order valence-corrected chi connectivity index (χ3v) is 4.84. The Labute approximate surface area is 96.5 Å². The number of hydrogen-bond acceptors (Lipinski definition) is 3. The third kappa shape index (κ3) is 1.52. The summed E-state index contributed by atoms with van der Waals surface area (Å²) in [4.78, 5) is 4.59. The van der Waals surface area contributed by atoms with E-state index in [0.29, 0.717) is 5.75 Å². The molecule has 0 atom stereocenters. The first-order valence-electron chi connectivity index (χ1n) is 4.61. The smallest absolute Gasteiger partial charge is 0.130 e. The monoisotopic (exact) mass is 232 g/mol. The lowest BCUT2D eigenvalue weighted by atomic mass is 10.3. The summed E-state index contributed by atoms with van der Waals surface area (Å²) in [5.74, 6) is 0.375. The molecule has 0 saturated carbocycles. The Hall–Kier alpha value is -1.06. The molecule has 0 bridgehead atoms. The summed E-state index contributed by atoms with van der Waals surface area (Å²) in [6.07, 6.45) is 0. The van der Waals surface area contributed by atoms with Crippen LogP contribution in [0.2, 0.25) is 0 Å². The van der Waals surface area contributed by atoms with Gasteiger partial charge in [0.15, 0.2) is 0 Å². The number of aromatic hydroxyl groups is 1. The largest absolute Gasteiger partial charge is 0.507 e. The minimum absolute atomic E-state index is 0.375. The lowest BCUT2D eigenvalue weighted by Gasteiger charge is -2.18. The SMILES string of the molecule is Oc1cccc2c1Sc1ccccc1S2. The minimum atomic E-state index is 0.375. The van der Waals surface area contributed by atoms with Crippen molar-refractivity contribution in [1.82, 2.24) is 0 Å². The first-order chi connectivity index (χ1) is 7.34. The maximum atomic E-state index is 9.75. The van der Waals surface area contributed by atoms with Crippen LogP contribution in [0.25, 0.3) is 0 Å². The number of phenolic OH excluding ortho intramolecular Hbond substituents is 1. The zero-order chi connectivity index (χ0) is 10.3. The predicted octanol–water partition coefficient (Wildman–Crippen LogP) is 4.01. The second kappa shape index (κ2) is 3.51.